The molecule has 4 rings (SSSR count). The van der Waals surface area contributed by atoms with E-state index < -0.39 is 23.0 Å². The summed E-state index contributed by atoms with van der Waals surface area (Å²) in [6.45, 7) is 10.9. The van der Waals surface area contributed by atoms with E-state index in [0.717, 1.165) is 24.4 Å². The van der Waals surface area contributed by atoms with Gasteiger partial charge in [-0.2, -0.15) is 5.26 Å². The molecule has 1 aliphatic rings. The molecule has 0 radical (unpaired) electrons. The summed E-state index contributed by atoms with van der Waals surface area (Å²) < 4.78 is 37.2. The van der Waals surface area contributed by atoms with Gasteiger partial charge < -0.3 is 4.42 Å². The van der Waals surface area contributed by atoms with E-state index in [-0.39, 0.29) is 33.1 Å². The molecule has 0 aliphatic carbocycles. The molecule has 3 nitrogen and oxygen atoms in total. The number of benzene rings is 2. The summed E-state index contributed by atoms with van der Waals surface area (Å²) in [5.41, 5.74) is -1.01. The molecule has 0 saturated carbocycles. The molecule has 1 aromatic heterocycles. The van der Waals surface area contributed by atoms with Crippen molar-refractivity contribution < 1.29 is 13.2 Å². The second kappa shape index (κ2) is 11.0. The molecular weight excluding hydrogens is 525 g/mol. The maximum Gasteiger partial charge on any atom is 0.145 e. The summed E-state index contributed by atoms with van der Waals surface area (Å²) >= 11 is 12.4. The molecule has 3 aromatic rings. The maximum atomic E-state index is 15.8. The van der Waals surface area contributed by atoms with Crippen LogP contribution in [0.15, 0.2) is 52.9 Å². The van der Waals surface area contributed by atoms with Crippen LogP contribution >= 0.6 is 23.2 Å². The van der Waals surface area contributed by atoms with Gasteiger partial charge in [-0.1, -0.05) is 62.2 Å². The van der Waals surface area contributed by atoms with Crippen molar-refractivity contribution in [3.63, 3.8) is 0 Å². The van der Waals surface area contributed by atoms with Crippen molar-refractivity contribution in [2.75, 3.05) is 6.54 Å². The fraction of sp³-hybridized carbons (Fsp3) is 0.452. The largest absolute Gasteiger partial charge is 0.466 e. The zero-order valence-corrected chi connectivity index (χ0v) is 24.0. The summed E-state index contributed by atoms with van der Waals surface area (Å²) in [5.74, 6) is -0.0409. The summed E-state index contributed by atoms with van der Waals surface area (Å²) in [6.07, 6.45) is 2.10. The first kappa shape index (κ1) is 28.6. The van der Waals surface area contributed by atoms with Gasteiger partial charge in [-0.05, 0) is 74.5 Å². The number of hydrogen-bond donors (Lipinski definition) is 0. The zero-order chi connectivity index (χ0) is 27.8. The molecule has 1 aliphatic heterocycles. The normalized spacial score (nSPS) is 24.1. The number of likely N-dealkylation sites (tertiary alicyclic amines) is 1. The van der Waals surface area contributed by atoms with Crippen LogP contribution in [0.1, 0.15) is 69.1 Å². The average Bonchev–Trinajstić information content (AvgIpc) is 3.34. The number of rotatable bonds is 7. The molecule has 2 aromatic carbocycles. The van der Waals surface area contributed by atoms with Gasteiger partial charge in [0.05, 0.1) is 11.1 Å². The van der Waals surface area contributed by atoms with E-state index in [1.165, 1.54) is 12.1 Å². The van der Waals surface area contributed by atoms with E-state index in [0.29, 0.717) is 18.5 Å². The highest BCUT2D eigenvalue weighted by atomic mass is 35.5. The van der Waals surface area contributed by atoms with Gasteiger partial charge in [0.2, 0.25) is 0 Å². The van der Waals surface area contributed by atoms with Crippen molar-refractivity contribution in [2.45, 2.75) is 77.3 Å². The van der Waals surface area contributed by atoms with Gasteiger partial charge >= 0.3 is 0 Å². The minimum Gasteiger partial charge on any atom is -0.466 e. The first-order valence-corrected chi connectivity index (χ1v) is 13.8. The minimum absolute atomic E-state index is 0.0165. The van der Waals surface area contributed by atoms with Gasteiger partial charge in [-0.15, -0.1) is 0 Å². The third-order valence-corrected chi connectivity index (χ3v) is 8.27. The number of nitriles is 1. The molecule has 0 bridgehead atoms. The Morgan fingerprint density at radius 2 is 1.84 bits per heavy atom. The lowest BCUT2D eigenvalue weighted by Crippen LogP contribution is -2.46. The van der Waals surface area contributed by atoms with Crippen LogP contribution in [0.2, 0.25) is 10.0 Å². The Hall–Kier alpha value is -2.39. The number of halogens is 4. The standard InChI is InChI=1S/C31H34Cl2F2N2O/c1-19-11-13-22(38-19)8-7-15-37-20(2)28(23-9-6-10-25(33)29(23)35)31(18-36,27(37)17-30(3,4)5)24-14-12-21(32)16-26(24)34/h6,9-14,16,20,27-28H,7-8,15,17H2,1-5H3. The van der Waals surface area contributed by atoms with Crippen LogP contribution < -0.4 is 0 Å². The van der Waals surface area contributed by atoms with Gasteiger partial charge in [0, 0.05) is 35.0 Å². The highest BCUT2D eigenvalue weighted by molar-refractivity contribution is 6.31. The Morgan fingerprint density at radius 1 is 1.11 bits per heavy atom. The van der Waals surface area contributed by atoms with Crippen molar-refractivity contribution in [1.29, 1.82) is 5.26 Å². The van der Waals surface area contributed by atoms with E-state index in [1.54, 1.807) is 24.3 Å². The van der Waals surface area contributed by atoms with E-state index in [2.05, 4.69) is 31.7 Å². The summed E-state index contributed by atoms with van der Waals surface area (Å²) in [5, 5.41) is 11.2. The minimum atomic E-state index is -1.38. The topological polar surface area (TPSA) is 40.2 Å². The summed E-state index contributed by atoms with van der Waals surface area (Å²) in [7, 11) is 0. The maximum absolute atomic E-state index is 15.8. The Balaban J connectivity index is 1.89. The van der Waals surface area contributed by atoms with Crippen LogP contribution in [0.4, 0.5) is 8.78 Å². The molecule has 1 saturated heterocycles. The molecule has 2 heterocycles. The monoisotopic (exact) mass is 558 g/mol. The van der Waals surface area contributed by atoms with Crippen molar-refractivity contribution in [2.24, 2.45) is 5.41 Å². The van der Waals surface area contributed by atoms with E-state index in [1.807, 2.05) is 26.0 Å². The third kappa shape index (κ3) is 5.37. The molecule has 1 fully saturated rings. The zero-order valence-electron chi connectivity index (χ0n) is 22.5. The Bertz CT molecular complexity index is 1340. The average molecular weight is 560 g/mol. The van der Waals surface area contributed by atoms with Gasteiger partial charge in [0.15, 0.2) is 0 Å². The predicted molar refractivity (Wildman–Crippen MR) is 149 cm³/mol. The smallest absolute Gasteiger partial charge is 0.145 e. The molecule has 0 N–H and O–H groups in total. The molecule has 4 atom stereocenters. The lowest BCUT2D eigenvalue weighted by atomic mass is 9.63. The van der Waals surface area contributed by atoms with Crippen LogP contribution in [0, 0.1) is 35.3 Å². The molecule has 0 spiro atoms. The van der Waals surface area contributed by atoms with Crippen molar-refractivity contribution in [3.8, 4) is 6.07 Å². The molecule has 0 amide bonds. The quantitative estimate of drug-likeness (QED) is 0.290. The van der Waals surface area contributed by atoms with Crippen molar-refractivity contribution >= 4 is 23.2 Å². The van der Waals surface area contributed by atoms with E-state index in [4.69, 9.17) is 27.6 Å². The summed E-state index contributed by atoms with van der Waals surface area (Å²) in [4.78, 5) is 2.27. The van der Waals surface area contributed by atoms with Crippen LogP contribution in [-0.2, 0) is 11.8 Å². The van der Waals surface area contributed by atoms with Gasteiger partial charge in [0.25, 0.3) is 0 Å². The lowest BCUT2D eigenvalue weighted by molar-refractivity contribution is 0.138. The fourth-order valence-electron chi connectivity index (χ4n) is 6.24. The van der Waals surface area contributed by atoms with E-state index >= 15 is 8.78 Å². The number of aryl methyl sites for hydroxylation is 2. The van der Waals surface area contributed by atoms with E-state index in [9.17, 15) is 5.26 Å². The Morgan fingerprint density at radius 3 is 2.45 bits per heavy atom. The first-order chi connectivity index (χ1) is 17.9. The SMILES string of the molecule is Cc1ccc(CCCN2C(C)C(c3cccc(Cl)c3F)C(C#N)(c3ccc(Cl)cc3F)C2CC(C)(C)C)o1. The van der Waals surface area contributed by atoms with Crippen LogP contribution in [0.3, 0.4) is 0 Å². The Labute approximate surface area is 234 Å². The second-order valence-corrected chi connectivity index (χ2v) is 12.4. The van der Waals surface area contributed by atoms with Crippen LogP contribution in [-0.4, -0.2) is 23.5 Å². The van der Waals surface area contributed by atoms with Gasteiger partial charge in [0.1, 0.15) is 28.6 Å². The van der Waals surface area contributed by atoms with Gasteiger partial charge in [-0.25, -0.2) is 8.78 Å². The molecule has 4 unspecified atom stereocenters. The van der Waals surface area contributed by atoms with Crippen LogP contribution in [0.25, 0.3) is 0 Å². The molecule has 202 valence electrons. The van der Waals surface area contributed by atoms with Crippen LogP contribution in [0.5, 0.6) is 0 Å². The predicted octanol–water partition coefficient (Wildman–Crippen LogP) is 8.86. The second-order valence-electron chi connectivity index (χ2n) is 11.6. The molecule has 38 heavy (non-hydrogen) atoms. The number of hydrogen-bond acceptors (Lipinski definition) is 3. The number of furan rings is 1. The number of nitrogens with zero attached hydrogens (tertiary/aromatic N) is 2. The first-order valence-electron chi connectivity index (χ1n) is 13.0. The van der Waals surface area contributed by atoms with Crippen molar-refractivity contribution in [1.82, 2.24) is 4.90 Å². The molecule has 7 heteroatoms. The molecular formula is C31H34Cl2F2N2O. The Kier molecular flexibility index (Phi) is 8.28. The van der Waals surface area contributed by atoms with Gasteiger partial charge in [-0.3, -0.25) is 4.90 Å². The summed E-state index contributed by atoms with van der Waals surface area (Å²) in [6, 6.07) is 15.1. The fourth-order valence-corrected chi connectivity index (χ4v) is 6.58. The van der Waals surface area contributed by atoms with Crippen molar-refractivity contribution in [3.05, 3.63) is 92.9 Å². The third-order valence-electron chi connectivity index (χ3n) is 7.74. The highest BCUT2D eigenvalue weighted by Gasteiger charge is 2.61. The highest BCUT2D eigenvalue weighted by Crippen LogP contribution is 2.56. The lowest BCUT2D eigenvalue weighted by Gasteiger charge is -2.39.